The zero-order chi connectivity index (χ0) is 12.7. The van der Waals surface area contributed by atoms with Crippen molar-refractivity contribution < 1.29 is 0 Å². The molecule has 0 saturated carbocycles. The van der Waals surface area contributed by atoms with Gasteiger partial charge in [0.25, 0.3) is 0 Å². The molecule has 0 amide bonds. The third kappa shape index (κ3) is 3.84. The van der Waals surface area contributed by atoms with Crippen LogP contribution in [-0.2, 0) is 6.42 Å². The highest BCUT2D eigenvalue weighted by Crippen LogP contribution is 2.28. The number of nitrogens with one attached hydrogen (secondary N) is 1. The Morgan fingerprint density at radius 3 is 2.67 bits per heavy atom. The summed E-state index contributed by atoms with van der Waals surface area (Å²) in [6, 6.07) is 10.9. The standard InChI is InChI=1S/C17H27N/c1-2-12-17(13-7-4-8-15-18-17)14-11-16-9-5-3-6-10-16/h3,5-6,9-10,18H,2,4,7-8,11-15H2,1H3. The van der Waals surface area contributed by atoms with Gasteiger partial charge in [0.2, 0.25) is 0 Å². The van der Waals surface area contributed by atoms with E-state index in [0.29, 0.717) is 5.54 Å². The molecule has 1 saturated heterocycles. The predicted octanol–water partition coefficient (Wildman–Crippen LogP) is 4.32. The van der Waals surface area contributed by atoms with Crippen molar-refractivity contribution in [3.63, 3.8) is 0 Å². The summed E-state index contributed by atoms with van der Waals surface area (Å²) in [6.07, 6.45) is 10.7. The van der Waals surface area contributed by atoms with Crippen LogP contribution in [0.5, 0.6) is 0 Å². The Morgan fingerprint density at radius 2 is 1.89 bits per heavy atom. The monoisotopic (exact) mass is 245 g/mol. The van der Waals surface area contributed by atoms with Crippen molar-refractivity contribution in [2.45, 2.75) is 63.8 Å². The lowest BCUT2D eigenvalue weighted by Gasteiger charge is -2.34. The quantitative estimate of drug-likeness (QED) is 0.814. The Morgan fingerprint density at radius 1 is 1.06 bits per heavy atom. The highest BCUT2D eigenvalue weighted by atomic mass is 15.0. The molecule has 0 spiro atoms. The molecule has 1 aliphatic rings. The SMILES string of the molecule is CCCC1(CCc2ccccc2)CCCCCN1. The molecule has 1 heteroatoms. The van der Waals surface area contributed by atoms with Gasteiger partial charge in [0.05, 0.1) is 0 Å². The molecule has 1 heterocycles. The minimum atomic E-state index is 0.418. The van der Waals surface area contributed by atoms with Crippen molar-refractivity contribution in [2.24, 2.45) is 0 Å². The maximum atomic E-state index is 3.87. The molecule has 1 aromatic rings. The van der Waals surface area contributed by atoms with Crippen molar-refractivity contribution in [3.05, 3.63) is 35.9 Å². The van der Waals surface area contributed by atoms with Crippen molar-refractivity contribution >= 4 is 0 Å². The fraction of sp³-hybridized carbons (Fsp3) is 0.647. The van der Waals surface area contributed by atoms with Gasteiger partial charge < -0.3 is 5.32 Å². The van der Waals surface area contributed by atoms with Crippen LogP contribution in [0.2, 0.25) is 0 Å². The lowest BCUT2D eigenvalue weighted by molar-refractivity contribution is 0.270. The first-order chi connectivity index (χ1) is 8.85. The lowest BCUT2D eigenvalue weighted by Crippen LogP contribution is -2.44. The first-order valence-electron chi connectivity index (χ1n) is 7.64. The van der Waals surface area contributed by atoms with Crippen LogP contribution < -0.4 is 5.32 Å². The van der Waals surface area contributed by atoms with Crippen LogP contribution in [0.15, 0.2) is 30.3 Å². The Bertz CT molecular complexity index is 323. The second-order valence-corrected chi connectivity index (χ2v) is 5.75. The van der Waals surface area contributed by atoms with Crippen molar-refractivity contribution in [2.75, 3.05) is 6.54 Å². The molecule has 1 fully saturated rings. The second kappa shape index (κ2) is 6.94. The summed E-state index contributed by atoms with van der Waals surface area (Å²) in [6.45, 7) is 3.53. The maximum Gasteiger partial charge on any atom is 0.0184 e. The molecule has 0 bridgehead atoms. The molecule has 1 aromatic carbocycles. The average molecular weight is 245 g/mol. The molecule has 2 rings (SSSR count). The molecule has 18 heavy (non-hydrogen) atoms. The summed E-state index contributed by atoms with van der Waals surface area (Å²) in [5.74, 6) is 0. The summed E-state index contributed by atoms with van der Waals surface area (Å²) in [4.78, 5) is 0. The smallest absolute Gasteiger partial charge is 0.0184 e. The summed E-state index contributed by atoms with van der Waals surface area (Å²) in [7, 11) is 0. The number of benzene rings is 1. The van der Waals surface area contributed by atoms with Gasteiger partial charge >= 0.3 is 0 Å². The van der Waals surface area contributed by atoms with E-state index in [-0.39, 0.29) is 0 Å². The van der Waals surface area contributed by atoms with Crippen LogP contribution in [0.4, 0.5) is 0 Å². The molecule has 100 valence electrons. The van der Waals surface area contributed by atoms with E-state index in [9.17, 15) is 0 Å². The third-order valence-corrected chi connectivity index (χ3v) is 4.30. The highest BCUT2D eigenvalue weighted by molar-refractivity contribution is 5.15. The Hall–Kier alpha value is -0.820. The van der Waals surface area contributed by atoms with Gasteiger partial charge in [0.1, 0.15) is 0 Å². The van der Waals surface area contributed by atoms with E-state index in [1.165, 1.54) is 63.5 Å². The minimum Gasteiger partial charge on any atom is -0.311 e. The van der Waals surface area contributed by atoms with Gasteiger partial charge in [-0.25, -0.2) is 0 Å². The summed E-state index contributed by atoms with van der Waals surface area (Å²) >= 11 is 0. The number of rotatable bonds is 5. The fourth-order valence-corrected chi connectivity index (χ4v) is 3.27. The largest absolute Gasteiger partial charge is 0.311 e. The molecular weight excluding hydrogens is 218 g/mol. The van der Waals surface area contributed by atoms with Crippen LogP contribution in [0, 0.1) is 0 Å². The maximum absolute atomic E-state index is 3.87. The van der Waals surface area contributed by atoms with Crippen LogP contribution in [0.25, 0.3) is 0 Å². The molecule has 1 aliphatic heterocycles. The predicted molar refractivity (Wildman–Crippen MR) is 78.9 cm³/mol. The molecule has 0 radical (unpaired) electrons. The topological polar surface area (TPSA) is 12.0 Å². The van der Waals surface area contributed by atoms with E-state index >= 15 is 0 Å². The zero-order valence-electron chi connectivity index (χ0n) is 11.8. The molecule has 1 nitrogen and oxygen atoms in total. The van der Waals surface area contributed by atoms with Crippen molar-refractivity contribution in [1.29, 1.82) is 0 Å². The van der Waals surface area contributed by atoms with E-state index in [2.05, 4.69) is 42.6 Å². The van der Waals surface area contributed by atoms with Gasteiger partial charge in [-0.15, -0.1) is 0 Å². The first kappa shape index (κ1) is 13.6. The van der Waals surface area contributed by atoms with Crippen LogP contribution >= 0.6 is 0 Å². The minimum absolute atomic E-state index is 0.418. The van der Waals surface area contributed by atoms with Gasteiger partial charge in [0.15, 0.2) is 0 Å². The molecular formula is C17H27N. The Kier molecular flexibility index (Phi) is 5.25. The normalized spacial score (nSPS) is 24.7. The van der Waals surface area contributed by atoms with Crippen LogP contribution in [0.1, 0.15) is 57.4 Å². The molecule has 0 aliphatic carbocycles. The van der Waals surface area contributed by atoms with Crippen molar-refractivity contribution in [3.8, 4) is 0 Å². The second-order valence-electron chi connectivity index (χ2n) is 5.75. The van der Waals surface area contributed by atoms with Gasteiger partial charge in [-0.1, -0.05) is 56.5 Å². The van der Waals surface area contributed by atoms with Gasteiger partial charge in [-0.3, -0.25) is 0 Å². The molecule has 1 atom stereocenters. The molecule has 1 unspecified atom stereocenters. The Labute approximate surface area is 112 Å². The van der Waals surface area contributed by atoms with E-state index < -0.39 is 0 Å². The van der Waals surface area contributed by atoms with Gasteiger partial charge in [-0.2, -0.15) is 0 Å². The lowest BCUT2D eigenvalue weighted by atomic mass is 9.83. The molecule has 1 N–H and O–H groups in total. The van der Waals surface area contributed by atoms with E-state index in [4.69, 9.17) is 0 Å². The van der Waals surface area contributed by atoms with Crippen LogP contribution in [-0.4, -0.2) is 12.1 Å². The van der Waals surface area contributed by atoms with Gasteiger partial charge in [0, 0.05) is 5.54 Å². The average Bonchev–Trinajstić information content (AvgIpc) is 2.64. The fourth-order valence-electron chi connectivity index (χ4n) is 3.27. The molecule has 0 aromatic heterocycles. The van der Waals surface area contributed by atoms with E-state index in [1.54, 1.807) is 0 Å². The van der Waals surface area contributed by atoms with Crippen molar-refractivity contribution in [1.82, 2.24) is 5.32 Å². The number of aryl methyl sites for hydroxylation is 1. The highest BCUT2D eigenvalue weighted by Gasteiger charge is 2.28. The van der Waals surface area contributed by atoms with E-state index in [0.717, 1.165) is 0 Å². The summed E-state index contributed by atoms with van der Waals surface area (Å²) in [5.41, 5.74) is 1.90. The third-order valence-electron chi connectivity index (χ3n) is 4.30. The van der Waals surface area contributed by atoms with Crippen LogP contribution in [0.3, 0.4) is 0 Å². The zero-order valence-corrected chi connectivity index (χ0v) is 11.8. The number of hydrogen-bond acceptors (Lipinski definition) is 1. The number of hydrogen-bond donors (Lipinski definition) is 1. The van der Waals surface area contributed by atoms with Gasteiger partial charge in [-0.05, 0) is 44.2 Å². The van der Waals surface area contributed by atoms with E-state index in [1.807, 2.05) is 0 Å². The summed E-state index contributed by atoms with van der Waals surface area (Å²) < 4.78 is 0. The summed E-state index contributed by atoms with van der Waals surface area (Å²) in [5, 5.41) is 3.87. The Balaban J connectivity index is 1.96. The first-order valence-corrected chi connectivity index (χ1v) is 7.64.